The number of rotatable bonds is 5. The molecule has 0 bridgehead atoms. The summed E-state index contributed by atoms with van der Waals surface area (Å²) < 4.78 is 5.82. The van der Waals surface area contributed by atoms with Crippen LogP contribution in [0.15, 0.2) is 28.7 Å². The zero-order valence-electron chi connectivity index (χ0n) is 13.9. The Bertz CT molecular complexity index is 624. The SMILES string of the molecule is CCN(CC)C(=O)CN1CCN(c2nc3ccccc3o2)CC1. The van der Waals surface area contributed by atoms with Crippen molar-refractivity contribution in [2.24, 2.45) is 0 Å². The van der Waals surface area contributed by atoms with Crippen LogP contribution in [0.2, 0.25) is 0 Å². The highest BCUT2D eigenvalue weighted by Crippen LogP contribution is 2.22. The molecule has 124 valence electrons. The maximum atomic E-state index is 12.2. The van der Waals surface area contributed by atoms with Crippen LogP contribution < -0.4 is 4.90 Å². The molecule has 2 heterocycles. The lowest BCUT2D eigenvalue weighted by Gasteiger charge is -2.34. The minimum absolute atomic E-state index is 0.213. The summed E-state index contributed by atoms with van der Waals surface area (Å²) in [5.74, 6) is 0.213. The monoisotopic (exact) mass is 316 g/mol. The molecule has 23 heavy (non-hydrogen) atoms. The van der Waals surface area contributed by atoms with Crippen molar-refractivity contribution in [3.05, 3.63) is 24.3 Å². The number of oxazole rings is 1. The van der Waals surface area contributed by atoms with Gasteiger partial charge in [0.1, 0.15) is 5.52 Å². The third-order valence-corrected chi connectivity index (χ3v) is 4.40. The van der Waals surface area contributed by atoms with Gasteiger partial charge in [0.25, 0.3) is 6.01 Å². The lowest BCUT2D eigenvalue weighted by molar-refractivity contribution is -0.132. The zero-order chi connectivity index (χ0) is 16.2. The van der Waals surface area contributed by atoms with Crippen LogP contribution in [0, 0.1) is 0 Å². The molecule has 0 unspecified atom stereocenters. The maximum absolute atomic E-state index is 12.2. The van der Waals surface area contributed by atoms with Crippen molar-refractivity contribution >= 4 is 23.0 Å². The first-order chi connectivity index (χ1) is 11.2. The Labute approximate surface area is 136 Å². The largest absolute Gasteiger partial charge is 0.423 e. The van der Waals surface area contributed by atoms with E-state index in [1.807, 2.05) is 43.0 Å². The molecule has 1 aromatic heterocycles. The molecule has 1 fully saturated rings. The zero-order valence-corrected chi connectivity index (χ0v) is 13.9. The van der Waals surface area contributed by atoms with Gasteiger partial charge in [-0.1, -0.05) is 12.1 Å². The Hall–Kier alpha value is -2.08. The molecule has 0 atom stereocenters. The van der Waals surface area contributed by atoms with Crippen LogP contribution in [0.25, 0.3) is 11.1 Å². The summed E-state index contributed by atoms with van der Waals surface area (Å²) in [6, 6.07) is 8.49. The first-order valence-corrected chi connectivity index (χ1v) is 8.32. The van der Waals surface area contributed by atoms with Gasteiger partial charge in [0, 0.05) is 39.3 Å². The Morgan fingerprint density at radius 2 is 1.87 bits per heavy atom. The van der Waals surface area contributed by atoms with Crippen molar-refractivity contribution in [3.8, 4) is 0 Å². The van der Waals surface area contributed by atoms with Crippen molar-refractivity contribution in [3.63, 3.8) is 0 Å². The highest BCUT2D eigenvalue weighted by atomic mass is 16.4. The fourth-order valence-corrected chi connectivity index (χ4v) is 2.96. The number of carbonyl (C=O) groups excluding carboxylic acids is 1. The number of piperazine rings is 1. The quantitative estimate of drug-likeness (QED) is 0.842. The van der Waals surface area contributed by atoms with Gasteiger partial charge in [-0.25, -0.2) is 0 Å². The molecule has 6 nitrogen and oxygen atoms in total. The van der Waals surface area contributed by atoms with E-state index in [4.69, 9.17) is 4.42 Å². The van der Waals surface area contributed by atoms with Crippen LogP contribution in [0.5, 0.6) is 0 Å². The molecule has 1 amide bonds. The van der Waals surface area contributed by atoms with E-state index in [2.05, 4.69) is 14.8 Å². The number of nitrogens with zero attached hydrogens (tertiary/aromatic N) is 4. The molecule has 3 rings (SSSR count). The summed E-state index contributed by atoms with van der Waals surface area (Å²) in [7, 11) is 0. The van der Waals surface area contributed by atoms with Crippen LogP contribution in [0.3, 0.4) is 0 Å². The van der Waals surface area contributed by atoms with Crippen molar-refractivity contribution in [1.29, 1.82) is 0 Å². The lowest BCUT2D eigenvalue weighted by atomic mass is 10.3. The lowest BCUT2D eigenvalue weighted by Crippen LogP contribution is -2.50. The molecule has 0 aliphatic carbocycles. The number of likely N-dealkylation sites (N-methyl/N-ethyl adjacent to an activating group) is 1. The fraction of sp³-hybridized carbons (Fsp3) is 0.529. The van der Waals surface area contributed by atoms with E-state index < -0.39 is 0 Å². The first kappa shape index (κ1) is 15.8. The number of amides is 1. The van der Waals surface area contributed by atoms with E-state index in [0.717, 1.165) is 50.4 Å². The van der Waals surface area contributed by atoms with Crippen LogP contribution in [-0.2, 0) is 4.79 Å². The predicted octanol–water partition coefficient (Wildman–Crippen LogP) is 1.82. The predicted molar refractivity (Wildman–Crippen MR) is 90.6 cm³/mol. The molecule has 1 aliphatic heterocycles. The van der Waals surface area contributed by atoms with E-state index >= 15 is 0 Å². The minimum atomic E-state index is 0.213. The Morgan fingerprint density at radius 3 is 2.52 bits per heavy atom. The van der Waals surface area contributed by atoms with Gasteiger partial charge in [-0.15, -0.1) is 0 Å². The Balaban J connectivity index is 1.57. The van der Waals surface area contributed by atoms with E-state index in [9.17, 15) is 4.79 Å². The third kappa shape index (κ3) is 3.47. The number of para-hydroxylation sites is 2. The normalized spacial score (nSPS) is 16.0. The van der Waals surface area contributed by atoms with Crippen LogP contribution >= 0.6 is 0 Å². The number of fused-ring (bicyclic) bond motifs is 1. The highest BCUT2D eigenvalue weighted by Gasteiger charge is 2.23. The average Bonchev–Trinajstić information content (AvgIpc) is 3.00. The molecule has 6 heteroatoms. The second kappa shape index (κ2) is 7.00. The highest BCUT2D eigenvalue weighted by molar-refractivity contribution is 5.78. The van der Waals surface area contributed by atoms with Gasteiger partial charge in [-0.3, -0.25) is 9.69 Å². The molecule has 1 saturated heterocycles. The summed E-state index contributed by atoms with van der Waals surface area (Å²) in [6.45, 7) is 9.47. The molecule has 1 aliphatic rings. The molecular weight excluding hydrogens is 292 g/mol. The number of carbonyl (C=O) groups is 1. The molecule has 0 N–H and O–H groups in total. The van der Waals surface area contributed by atoms with Crippen molar-refractivity contribution in [2.75, 3.05) is 50.7 Å². The summed E-state index contributed by atoms with van der Waals surface area (Å²) in [5, 5.41) is 0. The summed E-state index contributed by atoms with van der Waals surface area (Å²) in [5.41, 5.74) is 1.71. The number of aromatic nitrogens is 1. The van der Waals surface area contributed by atoms with Crippen LogP contribution in [0.1, 0.15) is 13.8 Å². The van der Waals surface area contributed by atoms with Gasteiger partial charge in [-0.2, -0.15) is 4.98 Å². The topological polar surface area (TPSA) is 52.8 Å². The second-order valence-corrected chi connectivity index (χ2v) is 5.79. The van der Waals surface area contributed by atoms with Gasteiger partial charge in [-0.05, 0) is 26.0 Å². The van der Waals surface area contributed by atoms with Crippen LogP contribution in [0.4, 0.5) is 6.01 Å². The van der Waals surface area contributed by atoms with E-state index in [1.165, 1.54) is 0 Å². The van der Waals surface area contributed by atoms with Crippen molar-refractivity contribution in [2.45, 2.75) is 13.8 Å². The average molecular weight is 316 g/mol. The van der Waals surface area contributed by atoms with E-state index in [1.54, 1.807) is 0 Å². The minimum Gasteiger partial charge on any atom is -0.423 e. The number of benzene rings is 1. The number of hydrogen-bond acceptors (Lipinski definition) is 5. The summed E-state index contributed by atoms with van der Waals surface area (Å²) in [6.07, 6.45) is 0. The Kier molecular flexibility index (Phi) is 4.81. The van der Waals surface area contributed by atoms with Crippen molar-refractivity contribution in [1.82, 2.24) is 14.8 Å². The smallest absolute Gasteiger partial charge is 0.298 e. The van der Waals surface area contributed by atoms with Crippen LogP contribution in [-0.4, -0.2) is 66.5 Å². The molecule has 0 saturated carbocycles. The standard InChI is InChI=1S/C17H24N4O2/c1-3-20(4-2)16(22)13-19-9-11-21(12-10-19)17-18-14-7-5-6-8-15(14)23-17/h5-8H,3-4,9-13H2,1-2H3. The second-order valence-electron chi connectivity index (χ2n) is 5.79. The number of anilines is 1. The summed E-state index contributed by atoms with van der Waals surface area (Å²) in [4.78, 5) is 23.0. The molecule has 1 aromatic carbocycles. The van der Waals surface area contributed by atoms with Gasteiger partial charge >= 0.3 is 0 Å². The van der Waals surface area contributed by atoms with Gasteiger partial charge in [0.05, 0.1) is 6.54 Å². The van der Waals surface area contributed by atoms with Gasteiger partial charge < -0.3 is 14.2 Å². The molecular formula is C17H24N4O2. The van der Waals surface area contributed by atoms with E-state index in [-0.39, 0.29) is 5.91 Å². The van der Waals surface area contributed by atoms with Gasteiger partial charge in [0.15, 0.2) is 5.58 Å². The fourth-order valence-electron chi connectivity index (χ4n) is 2.96. The molecule has 2 aromatic rings. The molecule has 0 radical (unpaired) electrons. The molecule has 0 spiro atoms. The van der Waals surface area contributed by atoms with Gasteiger partial charge in [0.2, 0.25) is 5.91 Å². The Morgan fingerprint density at radius 1 is 1.17 bits per heavy atom. The first-order valence-electron chi connectivity index (χ1n) is 8.32. The summed E-state index contributed by atoms with van der Waals surface area (Å²) >= 11 is 0. The number of hydrogen-bond donors (Lipinski definition) is 0. The third-order valence-electron chi connectivity index (χ3n) is 4.40. The van der Waals surface area contributed by atoms with E-state index in [0.29, 0.717) is 12.6 Å². The maximum Gasteiger partial charge on any atom is 0.298 e. The van der Waals surface area contributed by atoms with Crippen molar-refractivity contribution < 1.29 is 9.21 Å².